The predicted octanol–water partition coefficient (Wildman–Crippen LogP) is 8.01. The van der Waals surface area contributed by atoms with Gasteiger partial charge in [-0.15, -0.1) is 11.3 Å². The third kappa shape index (κ3) is 13.8. The second-order valence-corrected chi connectivity index (χ2v) is 11.2. The first-order valence-electron chi connectivity index (χ1n) is 14.5. The largest absolute Gasteiger partial charge is 0.382 e. The molecule has 1 atom stereocenters. The third-order valence-electron chi connectivity index (χ3n) is 6.40. The van der Waals surface area contributed by atoms with Crippen LogP contribution in [0.2, 0.25) is 0 Å². The lowest BCUT2D eigenvalue weighted by Gasteiger charge is -2.16. The minimum atomic E-state index is -0.842. The Morgan fingerprint density at radius 2 is 1.88 bits per heavy atom. The molecule has 3 rings (SSSR count). The van der Waals surface area contributed by atoms with Crippen LogP contribution in [0.4, 0.5) is 5.13 Å². The number of hydrogen-bond acceptors (Lipinski definition) is 6. The molecule has 0 aliphatic carbocycles. The number of amides is 2. The van der Waals surface area contributed by atoms with Crippen LogP contribution in [0, 0.1) is 5.92 Å². The average molecular weight is 608 g/mol. The van der Waals surface area contributed by atoms with Gasteiger partial charge in [0.1, 0.15) is 6.04 Å². The summed E-state index contributed by atoms with van der Waals surface area (Å²) in [5, 5.41) is 7.86. The van der Waals surface area contributed by atoms with E-state index in [2.05, 4.69) is 80.2 Å². The minimum absolute atomic E-state index is 0.0489. The fourth-order valence-corrected chi connectivity index (χ4v) is 4.06. The normalized spacial score (nSPS) is 12.0. The number of carbonyl (C=O) groups excluding carboxylic acids is 2. The molecule has 1 unspecified atom stereocenters. The predicted molar refractivity (Wildman–Crippen MR) is 183 cm³/mol. The number of ether oxygens (including phenoxy) is 1. The average Bonchev–Trinajstić information content (AvgIpc) is 3.66. The second-order valence-electron chi connectivity index (χ2n) is 10.3. The van der Waals surface area contributed by atoms with E-state index in [1.165, 1.54) is 30.4 Å². The van der Waals surface area contributed by atoms with Crippen molar-refractivity contribution in [2.45, 2.75) is 67.3 Å². The summed E-state index contributed by atoms with van der Waals surface area (Å²) in [5.41, 5.74) is 5.56. The first-order chi connectivity index (χ1) is 20.5. The zero-order valence-electron chi connectivity index (χ0n) is 27.2. The maximum absolute atomic E-state index is 12.8. The van der Waals surface area contributed by atoms with Gasteiger partial charge in [0, 0.05) is 43.2 Å². The van der Waals surface area contributed by atoms with E-state index in [-0.39, 0.29) is 18.4 Å². The fraction of sp³-hybridized carbons (Fsp3) is 0.412. The Kier molecular flexibility index (Phi) is 17.4. The minimum Gasteiger partial charge on any atom is -0.382 e. The van der Waals surface area contributed by atoms with Gasteiger partial charge in [-0.25, -0.2) is 4.98 Å². The highest BCUT2D eigenvalue weighted by molar-refractivity contribution is 7.14. The standard InChI is InChI=1S/C23H26N4O3S.C6H11N.C5H12/c1-5-15(2)16-7-6-8-17(11-16)20-14-31-23(25-20)26-22(29)19(13-30-4)24-21(28)18-9-10-27(3)12-18;1-4-5-6(2)7-3;1-4-5(2)3/h5-12,14,19H,13H2,1-4H3,(H,24,28)(H,25,26,29);5H,3-4H2,1-2H3;5H,4H2,1-3H3/b15-5+;6-5+;. The Balaban J connectivity index is 0.000000650. The molecule has 0 spiro atoms. The maximum Gasteiger partial charge on any atom is 0.253 e. The van der Waals surface area contributed by atoms with E-state index in [1.54, 1.807) is 23.0 Å². The molecule has 0 bridgehead atoms. The number of aliphatic imine (C=N–C) groups is 1. The monoisotopic (exact) mass is 607 g/mol. The first kappa shape index (κ1) is 37.2. The smallest absolute Gasteiger partial charge is 0.253 e. The van der Waals surface area contributed by atoms with Crippen LogP contribution in [-0.4, -0.2) is 47.8 Å². The number of thiazole rings is 1. The van der Waals surface area contributed by atoms with E-state index in [0.717, 1.165) is 34.9 Å². The summed E-state index contributed by atoms with van der Waals surface area (Å²) >= 11 is 1.33. The lowest BCUT2D eigenvalue weighted by Crippen LogP contribution is -2.46. The molecule has 1 aromatic carbocycles. The van der Waals surface area contributed by atoms with E-state index in [0.29, 0.717) is 10.7 Å². The second kappa shape index (κ2) is 20.1. The van der Waals surface area contributed by atoms with Crippen molar-refractivity contribution in [2.24, 2.45) is 18.0 Å². The highest BCUT2D eigenvalue weighted by Gasteiger charge is 2.23. The maximum atomic E-state index is 12.8. The third-order valence-corrected chi connectivity index (χ3v) is 7.15. The van der Waals surface area contributed by atoms with E-state index in [4.69, 9.17) is 4.74 Å². The van der Waals surface area contributed by atoms with Crippen molar-refractivity contribution in [3.05, 3.63) is 77.1 Å². The van der Waals surface area contributed by atoms with E-state index < -0.39 is 6.04 Å². The number of methoxy groups -OCH3 is 1. The Morgan fingerprint density at radius 1 is 1.19 bits per heavy atom. The number of anilines is 1. The van der Waals surface area contributed by atoms with Gasteiger partial charge in [-0.1, -0.05) is 64.5 Å². The number of benzene rings is 1. The number of nitrogens with zero attached hydrogens (tertiary/aromatic N) is 3. The number of nitrogens with one attached hydrogen (secondary N) is 2. The molecule has 0 aliphatic rings. The van der Waals surface area contributed by atoms with E-state index in [1.807, 2.05) is 44.5 Å². The van der Waals surface area contributed by atoms with E-state index >= 15 is 0 Å². The van der Waals surface area contributed by atoms with Crippen molar-refractivity contribution in [3.8, 4) is 11.3 Å². The molecular weight excluding hydrogens is 558 g/mol. The van der Waals surface area contributed by atoms with Crippen LogP contribution in [0.1, 0.15) is 77.2 Å². The quantitative estimate of drug-likeness (QED) is 0.216. The summed E-state index contributed by atoms with van der Waals surface area (Å²) in [7, 11) is 3.31. The van der Waals surface area contributed by atoms with Crippen LogP contribution in [0.3, 0.4) is 0 Å². The highest BCUT2D eigenvalue weighted by atomic mass is 32.1. The van der Waals surface area contributed by atoms with Gasteiger partial charge >= 0.3 is 0 Å². The Morgan fingerprint density at radius 3 is 2.40 bits per heavy atom. The molecule has 9 heteroatoms. The molecule has 234 valence electrons. The Bertz CT molecular complexity index is 1350. The molecular formula is C34H49N5O3S. The molecule has 0 saturated heterocycles. The van der Waals surface area contributed by atoms with Crippen LogP contribution < -0.4 is 10.6 Å². The summed E-state index contributed by atoms with van der Waals surface area (Å²) in [6, 6.07) is 8.95. The molecule has 2 N–H and O–H groups in total. The lowest BCUT2D eigenvalue weighted by atomic mass is 10.0. The van der Waals surface area contributed by atoms with Gasteiger partial charge in [0.05, 0.1) is 17.9 Å². The number of aryl methyl sites for hydroxylation is 1. The van der Waals surface area contributed by atoms with Crippen molar-refractivity contribution >= 4 is 40.6 Å². The molecule has 2 aromatic heterocycles. The van der Waals surface area contributed by atoms with Crippen LogP contribution in [0.5, 0.6) is 0 Å². The number of rotatable bonds is 11. The van der Waals surface area contributed by atoms with Crippen LogP contribution in [-0.2, 0) is 16.6 Å². The molecule has 0 fully saturated rings. The van der Waals surface area contributed by atoms with Crippen LogP contribution in [0.25, 0.3) is 16.8 Å². The summed E-state index contributed by atoms with van der Waals surface area (Å²) in [5.74, 6) is 0.161. The summed E-state index contributed by atoms with van der Waals surface area (Å²) in [6.07, 6.45) is 9.90. The first-order valence-corrected chi connectivity index (χ1v) is 15.4. The molecule has 8 nitrogen and oxygen atoms in total. The number of hydrogen-bond donors (Lipinski definition) is 2. The van der Waals surface area contributed by atoms with Crippen LogP contribution in [0.15, 0.2) is 70.9 Å². The van der Waals surface area contributed by atoms with Gasteiger partial charge in [0.25, 0.3) is 11.8 Å². The van der Waals surface area contributed by atoms with Gasteiger partial charge in [-0.2, -0.15) is 0 Å². The topological polar surface area (TPSA) is 97.6 Å². The van der Waals surface area contributed by atoms with Crippen molar-refractivity contribution < 1.29 is 14.3 Å². The summed E-state index contributed by atoms with van der Waals surface area (Å²) < 4.78 is 6.89. The summed E-state index contributed by atoms with van der Waals surface area (Å²) in [4.78, 5) is 33.4. The Hall–Kier alpha value is -3.82. The van der Waals surface area contributed by atoms with Crippen LogP contribution >= 0.6 is 11.3 Å². The van der Waals surface area contributed by atoms with Gasteiger partial charge in [0.15, 0.2) is 5.13 Å². The lowest BCUT2D eigenvalue weighted by molar-refractivity contribution is -0.119. The summed E-state index contributed by atoms with van der Waals surface area (Å²) in [6.45, 7) is 18.1. The zero-order valence-corrected chi connectivity index (χ0v) is 28.0. The molecule has 3 aromatic rings. The number of allylic oxidation sites excluding steroid dienone is 4. The molecule has 0 aliphatic heterocycles. The van der Waals surface area contributed by atoms with Gasteiger partial charge in [-0.05, 0) is 63.1 Å². The van der Waals surface area contributed by atoms with Gasteiger partial charge in [-0.3, -0.25) is 14.6 Å². The highest BCUT2D eigenvalue weighted by Crippen LogP contribution is 2.27. The number of aromatic nitrogens is 2. The molecule has 0 radical (unpaired) electrons. The molecule has 43 heavy (non-hydrogen) atoms. The Labute approximate surface area is 262 Å². The van der Waals surface area contributed by atoms with Crippen molar-refractivity contribution in [3.63, 3.8) is 0 Å². The van der Waals surface area contributed by atoms with Crippen molar-refractivity contribution in [1.29, 1.82) is 0 Å². The van der Waals surface area contributed by atoms with Crippen molar-refractivity contribution in [2.75, 3.05) is 19.0 Å². The molecule has 2 amide bonds. The number of carbonyl (C=O) groups is 2. The van der Waals surface area contributed by atoms with E-state index in [9.17, 15) is 9.59 Å². The van der Waals surface area contributed by atoms with Gasteiger partial charge in [0.2, 0.25) is 0 Å². The van der Waals surface area contributed by atoms with Gasteiger partial charge < -0.3 is 19.9 Å². The SMILES string of the molecule is C/C=C(\C)c1cccc(-c2csc(NC(=O)C(COC)NC(=O)c3ccn(C)c3)n2)c1.C=N/C(C)=C/CC.CCC(C)C. The molecule has 2 heterocycles. The van der Waals surface area contributed by atoms with Crippen molar-refractivity contribution in [1.82, 2.24) is 14.9 Å². The fourth-order valence-electron chi connectivity index (χ4n) is 3.34. The zero-order chi connectivity index (χ0) is 32.4. The molecule has 0 saturated carbocycles.